The summed E-state index contributed by atoms with van der Waals surface area (Å²) in [6.45, 7) is 9.92. The third-order valence-corrected chi connectivity index (χ3v) is 8.86. The molecule has 1 saturated heterocycles. The van der Waals surface area contributed by atoms with Gasteiger partial charge in [-0.05, 0) is 35.1 Å². The second-order valence-electron chi connectivity index (χ2n) is 10.7. The molecule has 0 unspecified atom stereocenters. The van der Waals surface area contributed by atoms with Crippen molar-refractivity contribution < 1.29 is 5.11 Å². The maximum Gasteiger partial charge on any atom is 0.230 e. The van der Waals surface area contributed by atoms with Crippen molar-refractivity contribution >= 4 is 16.3 Å². The number of aromatic hydroxyl groups is 1. The summed E-state index contributed by atoms with van der Waals surface area (Å²) < 4.78 is 1.59. The van der Waals surface area contributed by atoms with Crippen molar-refractivity contribution in [2.75, 3.05) is 26.2 Å². The van der Waals surface area contributed by atoms with Gasteiger partial charge in [0, 0.05) is 26.2 Å². The number of thiazole rings is 1. The molecular formula is C32H35N5OS. The number of hydrogen-bond acceptors (Lipinski definition) is 6. The van der Waals surface area contributed by atoms with Gasteiger partial charge in [-0.15, -0.1) is 5.10 Å². The number of rotatable bonds is 7. The Morgan fingerprint density at radius 3 is 1.69 bits per heavy atom. The van der Waals surface area contributed by atoms with Crippen LogP contribution >= 0.6 is 11.3 Å². The highest BCUT2D eigenvalue weighted by Crippen LogP contribution is 2.41. The van der Waals surface area contributed by atoms with E-state index in [0.29, 0.717) is 11.7 Å². The molecule has 0 aliphatic carbocycles. The Morgan fingerprint density at radius 1 is 0.692 bits per heavy atom. The van der Waals surface area contributed by atoms with E-state index in [0.717, 1.165) is 36.0 Å². The maximum atomic E-state index is 11.3. The first-order chi connectivity index (χ1) is 19.0. The molecular weight excluding hydrogens is 502 g/mol. The van der Waals surface area contributed by atoms with E-state index in [4.69, 9.17) is 0 Å². The smallest absolute Gasteiger partial charge is 0.230 e. The highest BCUT2D eigenvalue weighted by molar-refractivity contribution is 7.17. The molecule has 6 rings (SSSR count). The van der Waals surface area contributed by atoms with Crippen LogP contribution in [0.25, 0.3) is 4.96 Å². The molecule has 3 heterocycles. The zero-order chi connectivity index (χ0) is 26.9. The van der Waals surface area contributed by atoms with E-state index in [1.165, 1.54) is 33.6 Å². The van der Waals surface area contributed by atoms with E-state index in [1.807, 2.05) is 6.92 Å². The first-order valence-electron chi connectivity index (χ1n) is 13.7. The Hall–Kier alpha value is -3.52. The number of aryl methyl sites for hydroxylation is 1. The minimum absolute atomic E-state index is 0.0610. The Balaban J connectivity index is 1.32. The molecule has 3 aromatic carbocycles. The van der Waals surface area contributed by atoms with E-state index in [-0.39, 0.29) is 18.0 Å². The lowest BCUT2D eigenvalue weighted by Crippen LogP contribution is -2.49. The molecule has 2 aromatic heterocycles. The van der Waals surface area contributed by atoms with Crippen molar-refractivity contribution in [2.45, 2.75) is 38.8 Å². The molecule has 0 amide bonds. The molecule has 6 nitrogen and oxygen atoms in total. The maximum absolute atomic E-state index is 11.3. The van der Waals surface area contributed by atoms with Crippen molar-refractivity contribution in [3.8, 4) is 5.88 Å². The van der Waals surface area contributed by atoms with Crippen LogP contribution in [0.3, 0.4) is 0 Å². The van der Waals surface area contributed by atoms with Gasteiger partial charge in [0.25, 0.3) is 0 Å². The van der Waals surface area contributed by atoms with Crippen LogP contribution in [0.4, 0.5) is 0 Å². The van der Waals surface area contributed by atoms with Gasteiger partial charge in [-0.1, -0.05) is 110 Å². The average molecular weight is 538 g/mol. The van der Waals surface area contributed by atoms with Crippen LogP contribution in [-0.4, -0.2) is 55.7 Å². The lowest BCUT2D eigenvalue weighted by atomic mass is 9.95. The normalized spacial score (nSPS) is 15.9. The molecule has 1 atom stereocenters. The molecule has 0 bridgehead atoms. The average Bonchev–Trinajstić information content (AvgIpc) is 3.47. The molecule has 1 N–H and O–H groups in total. The molecule has 1 fully saturated rings. The fourth-order valence-corrected chi connectivity index (χ4v) is 6.92. The molecule has 39 heavy (non-hydrogen) atoms. The zero-order valence-corrected chi connectivity index (χ0v) is 23.6. The summed E-state index contributed by atoms with van der Waals surface area (Å²) >= 11 is 1.54. The van der Waals surface area contributed by atoms with Crippen LogP contribution in [0.15, 0.2) is 84.9 Å². The first kappa shape index (κ1) is 25.7. The largest absolute Gasteiger partial charge is 0.492 e. The van der Waals surface area contributed by atoms with Crippen LogP contribution in [0.5, 0.6) is 5.88 Å². The quantitative estimate of drug-likeness (QED) is 0.259. The number of piperazine rings is 1. The molecule has 5 aromatic rings. The van der Waals surface area contributed by atoms with Crippen LogP contribution in [0, 0.1) is 6.92 Å². The van der Waals surface area contributed by atoms with E-state index < -0.39 is 0 Å². The monoisotopic (exact) mass is 537 g/mol. The summed E-state index contributed by atoms with van der Waals surface area (Å²) in [5.41, 5.74) is 5.14. The molecule has 0 saturated carbocycles. The Bertz CT molecular complexity index is 1480. The predicted molar refractivity (Wildman–Crippen MR) is 158 cm³/mol. The highest BCUT2D eigenvalue weighted by atomic mass is 32.1. The summed E-state index contributed by atoms with van der Waals surface area (Å²) in [4.78, 5) is 11.3. The van der Waals surface area contributed by atoms with Crippen molar-refractivity contribution in [1.29, 1.82) is 0 Å². The predicted octanol–water partition coefficient (Wildman–Crippen LogP) is 6.42. The SMILES string of the molecule is Cc1nc2sc([C@@H](c3ccc(C(C)C)cc3)N3CCN(C(c4ccccc4)c4ccccc4)CC3)c(O)n2n1. The molecule has 1 aliphatic rings. The van der Waals surface area contributed by atoms with Gasteiger partial charge in [0.1, 0.15) is 5.82 Å². The van der Waals surface area contributed by atoms with E-state index in [1.54, 1.807) is 4.52 Å². The van der Waals surface area contributed by atoms with Crippen LogP contribution < -0.4 is 0 Å². The lowest BCUT2D eigenvalue weighted by molar-refractivity contribution is 0.0899. The topological polar surface area (TPSA) is 56.9 Å². The van der Waals surface area contributed by atoms with Crippen LogP contribution in [0.1, 0.15) is 64.8 Å². The molecule has 7 heteroatoms. The van der Waals surface area contributed by atoms with Gasteiger partial charge in [0.15, 0.2) is 0 Å². The second-order valence-corrected chi connectivity index (χ2v) is 11.7. The number of hydrogen-bond donors (Lipinski definition) is 1. The summed E-state index contributed by atoms with van der Waals surface area (Å²) in [5, 5.41) is 15.7. The van der Waals surface area contributed by atoms with Crippen LogP contribution in [-0.2, 0) is 0 Å². The zero-order valence-electron chi connectivity index (χ0n) is 22.7. The summed E-state index contributed by atoms with van der Waals surface area (Å²) in [6, 6.07) is 30.7. The van der Waals surface area contributed by atoms with Gasteiger partial charge in [-0.3, -0.25) is 9.80 Å². The summed E-state index contributed by atoms with van der Waals surface area (Å²) in [5.74, 6) is 1.34. The number of aromatic nitrogens is 3. The van der Waals surface area contributed by atoms with Gasteiger partial charge < -0.3 is 5.11 Å². The number of benzene rings is 3. The third kappa shape index (κ3) is 5.10. The minimum Gasteiger partial charge on any atom is -0.492 e. The summed E-state index contributed by atoms with van der Waals surface area (Å²) in [7, 11) is 0. The lowest BCUT2D eigenvalue weighted by Gasteiger charge is -2.42. The fourth-order valence-electron chi connectivity index (χ4n) is 5.76. The van der Waals surface area contributed by atoms with Crippen molar-refractivity contribution in [3.63, 3.8) is 0 Å². The summed E-state index contributed by atoms with van der Waals surface area (Å²) in [6.07, 6.45) is 0. The van der Waals surface area contributed by atoms with Gasteiger partial charge in [-0.25, -0.2) is 4.98 Å². The minimum atomic E-state index is -0.0610. The molecule has 0 radical (unpaired) electrons. The van der Waals surface area contributed by atoms with Gasteiger partial charge in [0.05, 0.1) is 17.0 Å². The Kier molecular flexibility index (Phi) is 7.21. The van der Waals surface area contributed by atoms with Crippen molar-refractivity contribution in [1.82, 2.24) is 24.4 Å². The third-order valence-electron chi connectivity index (χ3n) is 7.78. The molecule has 1 aliphatic heterocycles. The van der Waals surface area contributed by atoms with Crippen molar-refractivity contribution in [2.24, 2.45) is 0 Å². The molecule has 0 spiro atoms. The number of nitrogens with zero attached hydrogens (tertiary/aromatic N) is 5. The second kappa shape index (κ2) is 10.9. The standard InChI is InChI=1S/C32H35N5OS/c1-22(2)24-14-16-27(17-15-24)29(30-31(38)37-32(39-30)33-23(3)34-37)36-20-18-35(19-21-36)28(25-10-6-4-7-11-25)26-12-8-5-9-13-26/h4-17,22,28-29,38H,18-21H2,1-3H3/t29-/m1/s1. The first-order valence-corrected chi connectivity index (χ1v) is 14.5. The van der Waals surface area contributed by atoms with E-state index >= 15 is 0 Å². The van der Waals surface area contributed by atoms with Crippen molar-refractivity contribution in [3.05, 3.63) is 118 Å². The fraction of sp³-hybridized carbons (Fsp3) is 0.312. The Labute approximate surface area is 234 Å². The Morgan fingerprint density at radius 2 is 1.18 bits per heavy atom. The number of fused-ring (bicyclic) bond motifs is 1. The highest BCUT2D eigenvalue weighted by Gasteiger charge is 2.34. The van der Waals surface area contributed by atoms with Gasteiger partial charge in [0.2, 0.25) is 10.8 Å². The molecule has 200 valence electrons. The van der Waals surface area contributed by atoms with Gasteiger partial charge in [-0.2, -0.15) is 4.52 Å². The van der Waals surface area contributed by atoms with E-state index in [2.05, 4.69) is 119 Å². The van der Waals surface area contributed by atoms with Crippen LogP contribution in [0.2, 0.25) is 0 Å². The van der Waals surface area contributed by atoms with E-state index in [9.17, 15) is 5.11 Å². The van der Waals surface area contributed by atoms with Gasteiger partial charge >= 0.3 is 0 Å².